The number of nitrogens with zero attached hydrogens (tertiary/aromatic N) is 3. The molecule has 1 amide bonds. The predicted molar refractivity (Wildman–Crippen MR) is 106 cm³/mol. The fourth-order valence-corrected chi connectivity index (χ4v) is 3.79. The van der Waals surface area contributed by atoms with Gasteiger partial charge in [-0.3, -0.25) is 9.20 Å². The maximum atomic E-state index is 13.0. The van der Waals surface area contributed by atoms with Gasteiger partial charge in [-0.25, -0.2) is 0 Å². The number of carbonyl (C=O) groups excluding carboxylic acids is 1. The summed E-state index contributed by atoms with van der Waals surface area (Å²) in [5.41, 5.74) is -0.171. The molecule has 0 spiro atoms. The van der Waals surface area contributed by atoms with Crippen LogP contribution in [0.5, 0.6) is 0 Å². The summed E-state index contributed by atoms with van der Waals surface area (Å²) < 4.78 is 40.2. The molecular weight excluding hydrogens is 425 g/mol. The molecule has 0 aliphatic heterocycles. The van der Waals surface area contributed by atoms with Crippen LogP contribution in [0, 0.1) is 0 Å². The number of fused-ring (bicyclic) bond motifs is 2. The molecule has 1 N–H and O–H groups in total. The van der Waals surface area contributed by atoms with E-state index in [1.807, 2.05) is 36.4 Å². The molecule has 2 aromatic heterocycles. The Balaban J connectivity index is 1.53. The minimum atomic E-state index is -4.56. The summed E-state index contributed by atoms with van der Waals surface area (Å²) >= 11 is 6.86. The molecule has 10 heteroatoms. The van der Waals surface area contributed by atoms with Crippen molar-refractivity contribution in [1.29, 1.82) is 0 Å². The molecule has 148 valence electrons. The molecule has 2 aromatic carbocycles. The van der Waals surface area contributed by atoms with Gasteiger partial charge in [0.25, 0.3) is 0 Å². The van der Waals surface area contributed by atoms with Crippen molar-refractivity contribution in [2.24, 2.45) is 0 Å². The summed E-state index contributed by atoms with van der Waals surface area (Å²) in [4.78, 5) is 12.4. The van der Waals surface area contributed by atoms with E-state index in [4.69, 9.17) is 11.6 Å². The number of thioether (sulfide) groups is 1. The fraction of sp³-hybridized carbons (Fsp3) is 0.105. The molecule has 0 bridgehead atoms. The van der Waals surface area contributed by atoms with Crippen molar-refractivity contribution in [3.8, 4) is 0 Å². The van der Waals surface area contributed by atoms with Gasteiger partial charge >= 0.3 is 6.18 Å². The summed E-state index contributed by atoms with van der Waals surface area (Å²) in [6.45, 7) is 0. The highest BCUT2D eigenvalue weighted by Crippen LogP contribution is 2.33. The van der Waals surface area contributed by atoms with Crippen LogP contribution >= 0.6 is 23.4 Å². The van der Waals surface area contributed by atoms with Crippen molar-refractivity contribution in [3.63, 3.8) is 0 Å². The third-order valence-electron chi connectivity index (χ3n) is 4.15. The van der Waals surface area contributed by atoms with E-state index in [-0.39, 0.29) is 27.5 Å². The minimum Gasteiger partial charge on any atom is -0.325 e. The average Bonchev–Trinajstić information content (AvgIpc) is 3.10. The quantitative estimate of drug-likeness (QED) is 0.442. The van der Waals surface area contributed by atoms with Gasteiger partial charge < -0.3 is 5.32 Å². The molecule has 0 saturated heterocycles. The lowest BCUT2D eigenvalue weighted by molar-refractivity contribution is -0.137. The molecule has 4 aromatic rings. The van der Waals surface area contributed by atoms with Gasteiger partial charge in [-0.1, -0.05) is 59.8 Å². The largest absolute Gasteiger partial charge is 0.417 e. The number of nitrogens with one attached hydrogen (secondary N) is 1. The van der Waals surface area contributed by atoms with Crippen LogP contribution in [0.2, 0.25) is 5.02 Å². The normalized spacial score (nSPS) is 11.9. The number of alkyl halides is 3. The highest BCUT2D eigenvalue weighted by Gasteiger charge is 2.32. The molecule has 2 heterocycles. The lowest BCUT2D eigenvalue weighted by atomic mass is 10.1. The lowest BCUT2D eigenvalue weighted by Crippen LogP contribution is -2.14. The summed E-state index contributed by atoms with van der Waals surface area (Å²) in [6, 6.07) is 14.0. The molecule has 29 heavy (non-hydrogen) atoms. The predicted octanol–water partition coefficient (Wildman–Crippen LogP) is 5.29. The monoisotopic (exact) mass is 436 g/mol. The number of halogens is 4. The average molecular weight is 437 g/mol. The topological polar surface area (TPSA) is 59.3 Å². The number of aromatic nitrogens is 3. The van der Waals surface area contributed by atoms with Crippen molar-refractivity contribution in [1.82, 2.24) is 14.6 Å². The second-order valence-electron chi connectivity index (χ2n) is 6.11. The minimum absolute atomic E-state index is 0.0577. The third kappa shape index (κ3) is 4.01. The van der Waals surface area contributed by atoms with Crippen LogP contribution in [-0.2, 0) is 11.0 Å². The Morgan fingerprint density at radius 3 is 2.69 bits per heavy atom. The van der Waals surface area contributed by atoms with E-state index >= 15 is 0 Å². The van der Waals surface area contributed by atoms with E-state index in [2.05, 4.69) is 15.5 Å². The van der Waals surface area contributed by atoms with Crippen molar-refractivity contribution >= 4 is 51.4 Å². The molecule has 0 atom stereocenters. The van der Waals surface area contributed by atoms with Crippen molar-refractivity contribution in [3.05, 3.63) is 65.3 Å². The zero-order valence-corrected chi connectivity index (χ0v) is 16.1. The van der Waals surface area contributed by atoms with Gasteiger partial charge in [0.15, 0.2) is 10.8 Å². The van der Waals surface area contributed by atoms with Gasteiger partial charge in [0.1, 0.15) is 0 Å². The van der Waals surface area contributed by atoms with Crippen LogP contribution in [0.15, 0.2) is 59.9 Å². The highest BCUT2D eigenvalue weighted by molar-refractivity contribution is 7.99. The lowest BCUT2D eigenvalue weighted by Gasteiger charge is -2.09. The van der Waals surface area contributed by atoms with Gasteiger partial charge in [0.2, 0.25) is 5.91 Å². The first-order valence-electron chi connectivity index (χ1n) is 8.35. The molecule has 0 aliphatic rings. The van der Waals surface area contributed by atoms with Gasteiger partial charge in [-0.05, 0) is 17.5 Å². The number of anilines is 1. The summed E-state index contributed by atoms with van der Waals surface area (Å²) in [6.07, 6.45) is -3.69. The van der Waals surface area contributed by atoms with E-state index in [9.17, 15) is 18.0 Å². The van der Waals surface area contributed by atoms with Crippen LogP contribution in [-0.4, -0.2) is 26.3 Å². The molecule has 0 saturated carbocycles. The number of rotatable bonds is 4. The highest BCUT2D eigenvalue weighted by atomic mass is 35.5. The first-order chi connectivity index (χ1) is 13.8. The van der Waals surface area contributed by atoms with Gasteiger partial charge in [0, 0.05) is 17.3 Å². The van der Waals surface area contributed by atoms with E-state index in [0.717, 1.165) is 39.2 Å². The molecule has 0 unspecified atom stereocenters. The first-order valence-corrected chi connectivity index (χ1v) is 9.71. The smallest absolute Gasteiger partial charge is 0.325 e. The van der Waals surface area contributed by atoms with Crippen LogP contribution in [0.25, 0.3) is 16.4 Å². The van der Waals surface area contributed by atoms with Crippen molar-refractivity contribution in [2.75, 3.05) is 11.1 Å². The Morgan fingerprint density at radius 2 is 1.90 bits per heavy atom. The summed E-state index contributed by atoms with van der Waals surface area (Å²) in [5.74, 6) is -0.376. The van der Waals surface area contributed by atoms with Crippen LogP contribution in [0.4, 0.5) is 18.9 Å². The number of hydrogen-bond acceptors (Lipinski definition) is 4. The fourth-order valence-electron chi connectivity index (χ4n) is 2.84. The molecule has 0 aliphatic carbocycles. The molecular formula is C19H12ClF3N4OS. The van der Waals surface area contributed by atoms with Gasteiger partial charge in [0.05, 0.1) is 16.3 Å². The summed E-state index contributed by atoms with van der Waals surface area (Å²) in [5, 5.41) is 12.3. The Bertz CT molecular complexity index is 1220. The van der Waals surface area contributed by atoms with Gasteiger partial charge in [-0.2, -0.15) is 13.2 Å². The molecule has 4 rings (SSSR count). The number of amides is 1. The second kappa shape index (κ2) is 7.57. The second-order valence-corrected chi connectivity index (χ2v) is 7.46. The summed E-state index contributed by atoms with van der Waals surface area (Å²) in [7, 11) is 0. The number of carbonyl (C=O) groups is 1. The number of pyridine rings is 1. The maximum absolute atomic E-state index is 13.0. The maximum Gasteiger partial charge on any atom is 0.417 e. The van der Waals surface area contributed by atoms with Crippen LogP contribution < -0.4 is 5.32 Å². The van der Waals surface area contributed by atoms with E-state index in [0.29, 0.717) is 5.69 Å². The molecule has 5 nitrogen and oxygen atoms in total. The Hall–Kier alpha value is -2.78. The Morgan fingerprint density at radius 1 is 1.14 bits per heavy atom. The number of benzene rings is 2. The standard InChI is InChI=1S/C19H12ClF3N4OS/c20-14-8-12(19(21,22)23)9-27-17(14)25-26-18(27)29-10-16(28)24-15-7-3-5-11-4-1-2-6-13(11)15/h1-9H,10H2,(H,24,28). The van der Waals surface area contributed by atoms with Gasteiger partial charge in [-0.15, -0.1) is 10.2 Å². The zero-order valence-electron chi connectivity index (χ0n) is 14.6. The van der Waals surface area contributed by atoms with Crippen molar-refractivity contribution in [2.45, 2.75) is 11.3 Å². The zero-order chi connectivity index (χ0) is 20.6. The van der Waals surface area contributed by atoms with Crippen LogP contribution in [0.3, 0.4) is 0 Å². The molecule has 0 fully saturated rings. The SMILES string of the molecule is O=C(CSc1nnc2c(Cl)cc(C(F)(F)F)cn12)Nc1cccc2ccccc12. The van der Waals surface area contributed by atoms with E-state index in [1.165, 1.54) is 0 Å². The molecule has 0 radical (unpaired) electrons. The third-order valence-corrected chi connectivity index (χ3v) is 5.37. The van der Waals surface area contributed by atoms with Crippen molar-refractivity contribution < 1.29 is 18.0 Å². The van der Waals surface area contributed by atoms with E-state index < -0.39 is 11.7 Å². The Kier molecular flexibility index (Phi) is 5.10. The van der Waals surface area contributed by atoms with E-state index in [1.54, 1.807) is 6.07 Å². The van der Waals surface area contributed by atoms with Crippen LogP contribution in [0.1, 0.15) is 5.56 Å². The first kappa shape index (κ1) is 19.5. The number of hydrogen-bond donors (Lipinski definition) is 1. The Labute approximate surface area is 171 Å².